The molecule has 7 heteroatoms. The van der Waals surface area contributed by atoms with E-state index in [1.54, 1.807) is 7.11 Å². The first-order valence-electron chi connectivity index (χ1n) is 7.99. The van der Waals surface area contributed by atoms with Gasteiger partial charge in [0, 0.05) is 25.6 Å². The summed E-state index contributed by atoms with van der Waals surface area (Å²) in [7, 11) is 1.65. The number of halogens is 1. The highest BCUT2D eigenvalue weighted by Gasteiger charge is 2.05. The van der Waals surface area contributed by atoms with Crippen molar-refractivity contribution in [3.8, 4) is 5.75 Å². The first-order valence-corrected chi connectivity index (χ1v) is 7.99. The number of nitrogens with one attached hydrogen (secondary N) is 3. The molecule has 0 fully saturated rings. The Balaban J connectivity index is 0.00000529. The highest BCUT2D eigenvalue weighted by molar-refractivity contribution is 14.0. The molecule has 0 saturated carbocycles. The number of hydrogen-bond acceptors (Lipinski definition) is 3. The summed E-state index contributed by atoms with van der Waals surface area (Å²) in [4.78, 5) is 16.0. The fourth-order valence-electron chi connectivity index (χ4n) is 1.81. The van der Waals surface area contributed by atoms with Crippen LogP contribution in [0, 0.1) is 5.92 Å². The van der Waals surface area contributed by atoms with Crippen LogP contribution in [0.1, 0.15) is 26.3 Å². The number of carbonyl (C=O) groups is 1. The van der Waals surface area contributed by atoms with E-state index in [-0.39, 0.29) is 35.8 Å². The van der Waals surface area contributed by atoms with Crippen LogP contribution in [0.3, 0.4) is 0 Å². The van der Waals surface area contributed by atoms with E-state index in [0.717, 1.165) is 23.8 Å². The minimum absolute atomic E-state index is 0. The SMILES string of the molecule is CCNC(=NCc1ccc(OC)cc1)NCCNC(=O)C(C)C.I. The van der Waals surface area contributed by atoms with Gasteiger partial charge in [-0.3, -0.25) is 4.79 Å². The lowest BCUT2D eigenvalue weighted by atomic mass is 10.2. The van der Waals surface area contributed by atoms with Gasteiger partial charge in [-0.15, -0.1) is 24.0 Å². The van der Waals surface area contributed by atoms with Gasteiger partial charge in [0.1, 0.15) is 5.75 Å². The van der Waals surface area contributed by atoms with Gasteiger partial charge in [0.2, 0.25) is 5.91 Å². The first-order chi connectivity index (χ1) is 11.1. The molecule has 6 nitrogen and oxygen atoms in total. The third kappa shape index (κ3) is 8.95. The van der Waals surface area contributed by atoms with Crippen LogP contribution in [0.15, 0.2) is 29.3 Å². The summed E-state index contributed by atoms with van der Waals surface area (Å²) in [6.07, 6.45) is 0. The fraction of sp³-hybridized carbons (Fsp3) is 0.529. The van der Waals surface area contributed by atoms with Crippen molar-refractivity contribution in [1.29, 1.82) is 0 Å². The number of carbonyl (C=O) groups excluding carboxylic acids is 1. The van der Waals surface area contributed by atoms with E-state index in [4.69, 9.17) is 4.74 Å². The van der Waals surface area contributed by atoms with E-state index in [1.165, 1.54) is 0 Å². The number of rotatable bonds is 8. The maximum atomic E-state index is 11.5. The zero-order valence-corrected chi connectivity index (χ0v) is 17.2. The van der Waals surface area contributed by atoms with Crippen molar-refractivity contribution in [2.75, 3.05) is 26.7 Å². The van der Waals surface area contributed by atoms with E-state index >= 15 is 0 Å². The summed E-state index contributed by atoms with van der Waals surface area (Å²) < 4.78 is 5.14. The molecule has 0 aliphatic rings. The normalized spacial score (nSPS) is 10.8. The lowest BCUT2D eigenvalue weighted by Crippen LogP contribution is -2.42. The molecular weight excluding hydrogens is 419 g/mol. The summed E-state index contributed by atoms with van der Waals surface area (Å²) in [5, 5.41) is 9.26. The van der Waals surface area contributed by atoms with Crippen LogP contribution in [0.2, 0.25) is 0 Å². The molecule has 0 saturated heterocycles. The van der Waals surface area contributed by atoms with Gasteiger partial charge in [-0.05, 0) is 24.6 Å². The van der Waals surface area contributed by atoms with E-state index in [2.05, 4.69) is 20.9 Å². The van der Waals surface area contributed by atoms with E-state index in [0.29, 0.717) is 19.6 Å². The monoisotopic (exact) mass is 448 g/mol. The van der Waals surface area contributed by atoms with Gasteiger partial charge in [-0.25, -0.2) is 4.99 Å². The summed E-state index contributed by atoms with van der Waals surface area (Å²) in [5.74, 6) is 1.64. The highest BCUT2D eigenvalue weighted by Crippen LogP contribution is 2.11. The molecule has 136 valence electrons. The molecule has 0 spiro atoms. The predicted molar refractivity (Wildman–Crippen MR) is 109 cm³/mol. The molecule has 1 aromatic carbocycles. The smallest absolute Gasteiger partial charge is 0.222 e. The number of ether oxygens (including phenoxy) is 1. The molecule has 0 aromatic heterocycles. The average Bonchev–Trinajstić information content (AvgIpc) is 2.56. The molecule has 3 N–H and O–H groups in total. The summed E-state index contributed by atoms with van der Waals surface area (Å²) >= 11 is 0. The molecule has 0 radical (unpaired) electrons. The second-order valence-corrected chi connectivity index (χ2v) is 5.42. The van der Waals surface area contributed by atoms with Gasteiger partial charge in [0.15, 0.2) is 5.96 Å². The van der Waals surface area contributed by atoms with Crippen molar-refractivity contribution >= 4 is 35.8 Å². The maximum absolute atomic E-state index is 11.5. The molecule has 24 heavy (non-hydrogen) atoms. The van der Waals surface area contributed by atoms with Crippen LogP contribution >= 0.6 is 24.0 Å². The number of nitrogens with zero attached hydrogens (tertiary/aromatic N) is 1. The third-order valence-electron chi connectivity index (χ3n) is 3.16. The Labute approximate surface area is 161 Å². The Bertz CT molecular complexity index is 504. The Morgan fingerprint density at radius 1 is 1.12 bits per heavy atom. The zero-order valence-electron chi connectivity index (χ0n) is 14.9. The van der Waals surface area contributed by atoms with Crippen molar-refractivity contribution < 1.29 is 9.53 Å². The molecular formula is C17H29IN4O2. The van der Waals surface area contributed by atoms with E-state index < -0.39 is 0 Å². The third-order valence-corrected chi connectivity index (χ3v) is 3.16. The van der Waals surface area contributed by atoms with Gasteiger partial charge in [-0.1, -0.05) is 26.0 Å². The van der Waals surface area contributed by atoms with Gasteiger partial charge >= 0.3 is 0 Å². The number of guanidine groups is 1. The Morgan fingerprint density at radius 3 is 2.29 bits per heavy atom. The van der Waals surface area contributed by atoms with Crippen LogP contribution in [0.25, 0.3) is 0 Å². The molecule has 0 heterocycles. The minimum atomic E-state index is 0. The second-order valence-electron chi connectivity index (χ2n) is 5.42. The maximum Gasteiger partial charge on any atom is 0.222 e. The van der Waals surface area contributed by atoms with Crippen molar-refractivity contribution in [2.24, 2.45) is 10.9 Å². The van der Waals surface area contributed by atoms with Crippen molar-refractivity contribution in [2.45, 2.75) is 27.3 Å². The van der Waals surface area contributed by atoms with Crippen LogP contribution in [0.4, 0.5) is 0 Å². The number of methoxy groups -OCH3 is 1. The lowest BCUT2D eigenvalue weighted by molar-refractivity contribution is -0.123. The summed E-state index contributed by atoms with van der Waals surface area (Å²) in [6.45, 7) is 8.35. The molecule has 0 aliphatic heterocycles. The predicted octanol–water partition coefficient (Wildman–Crippen LogP) is 2.14. The molecule has 0 atom stereocenters. The zero-order chi connectivity index (χ0) is 17.1. The Morgan fingerprint density at radius 2 is 1.75 bits per heavy atom. The van der Waals surface area contributed by atoms with Crippen LogP contribution < -0.4 is 20.7 Å². The fourth-order valence-corrected chi connectivity index (χ4v) is 1.81. The molecule has 1 aromatic rings. The van der Waals surface area contributed by atoms with Crippen molar-refractivity contribution in [1.82, 2.24) is 16.0 Å². The number of aliphatic imine (C=N–C) groups is 1. The van der Waals surface area contributed by atoms with E-state index in [1.807, 2.05) is 45.0 Å². The summed E-state index contributed by atoms with van der Waals surface area (Å²) in [6, 6.07) is 7.84. The van der Waals surface area contributed by atoms with Crippen molar-refractivity contribution in [3.63, 3.8) is 0 Å². The Hall–Kier alpha value is -1.51. The quantitative estimate of drug-likeness (QED) is 0.247. The standard InChI is InChI=1S/C17H28N4O2.HI/c1-5-18-17(20-11-10-19-16(22)13(2)3)21-12-14-6-8-15(23-4)9-7-14;/h6-9,13H,5,10-12H2,1-4H3,(H,19,22)(H2,18,20,21);1H. The Kier molecular flexibility index (Phi) is 12.0. The molecule has 0 bridgehead atoms. The van der Waals surface area contributed by atoms with E-state index in [9.17, 15) is 4.79 Å². The largest absolute Gasteiger partial charge is 0.497 e. The van der Waals surface area contributed by atoms with Crippen molar-refractivity contribution in [3.05, 3.63) is 29.8 Å². The number of hydrogen-bond donors (Lipinski definition) is 3. The number of benzene rings is 1. The molecule has 1 rings (SSSR count). The summed E-state index contributed by atoms with van der Waals surface area (Å²) in [5.41, 5.74) is 1.11. The lowest BCUT2D eigenvalue weighted by Gasteiger charge is -2.12. The van der Waals surface area contributed by atoms with Crippen LogP contribution in [-0.2, 0) is 11.3 Å². The van der Waals surface area contributed by atoms with Crippen LogP contribution in [0.5, 0.6) is 5.75 Å². The molecule has 0 unspecified atom stereocenters. The van der Waals surface area contributed by atoms with Gasteiger partial charge in [0.05, 0.1) is 13.7 Å². The highest BCUT2D eigenvalue weighted by atomic mass is 127. The first kappa shape index (κ1) is 22.5. The van der Waals surface area contributed by atoms with Gasteiger partial charge in [0.25, 0.3) is 0 Å². The number of amides is 1. The average molecular weight is 448 g/mol. The molecule has 1 amide bonds. The van der Waals surface area contributed by atoms with Gasteiger partial charge < -0.3 is 20.7 Å². The van der Waals surface area contributed by atoms with Gasteiger partial charge in [-0.2, -0.15) is 0 Å². The topological polar surface area (TPSA) is 74.8 Å². The van der Waals surface area contributed by atoms with Crippen LogP contribution in [-0.4, -0.2) is 38.6 Å². The molecule has 0 aliphatic carbocycles. The second kappa shape index (κ2) is 12.9. The minimum Gasteiger partial charge on any atom is -0.497 e.